The van der Waals surface area contributed by atoms with E-state index in [9.17, 15) is 4.79 Å². The van der Waals surface area contributed by atoms with Crippen molar-refractivity contribution in [2.45, 2.75) is 26.8 Å². The molecule has 102 valence electrons. The van der Waals surface area contributed by atoms with Crippen LogP contribution >= 0.6 is 0 Å². The normalized spacial score (nSPS) is 11.1. The van der Waals surface area contributed by atoms with Gasteiger partial charge in [-0.15, -0.1) is 4.52 Å². The third kappa shape index (κ3) is 2.01. The molecule has 0 aliphatic carbocycles. The van der Waals surface area contributed by atoms with E-state index in [0.29, 0.717) is 18.6 Å². The molecule has 5 nitrogen and oxygen atoms in total. The topological polar surface area (TPSA) is 54.8 Å². The minimum atomic E-state index is 0.0529. The molecule has 3 aromatic rings. The second-order valence-electron chi connectivity index (χ2n) is 4.87. The molecule has 0 amide bonds. The van der Waals surface area contributed by atoms with E-state index in [1.54, 1.807) is 15.5 Å². The van der Waals surface area contributed by atoms with Crippen LogP contribution in [0.5, 0.6) is 0 Å². The molecule has 1 N–H and O–H groups in total. The zero-order valence-corrected chi connectivity index (χ0v) is 11.6. The Balaban J connectivity index is 2.16. The predicted molar refractivity (Wildman–Crippen MR) is 75.7 cm³/mol. The zero-order chi connectivity index (χ0) is 14.1. The summed E-state index contributed by atoms with van der Waals surface area (Å²) in [5.74, 6) is 0. The molecule has 2 heterocycles. The van der Waals surface area contributed by atoms with Crippen LogP contribution in [0.2, 0.25) is 0 Å². The maximum atomic E-state index is 12.6. The SMILES string of the molecule is CCc1c(C)[nH][n+]2cnn(Cc3ccccc3)c2c1=O. The Kier molecular flexibility index (Phi) is 3.10. The molecule has 0 aliphatic heterocycles. The van der Waals surface area contributed by atoms with Gasteiger partial charge in [0.1, 0.15) is 6.54 Å². The Labute approximate surface area is 116 Å². The Morgan fingerprint density at radius 3 is 2.75 bits per heavy atom. The highest BCUT2D eigenvalue weighted by Crippen LogP contribution is 2.04. The molecule has 2 aromatic heterocycles. The zero-order valence-electron chi connectivity index (χ0n) is 11.6. The number of fused-ring (bicyclic) bond motifs is 1. The maximum absolute atomic E-state index is 12.6. The highest BCUT2D eigenvalue weighted by Gasteiger charge is 2.19. The van der Waals surface area contributed by atoms with Crippen molar-refractivity contribution >= 4 is 5.65 Å². The number of nitrogens with zero attached hydrogens (tertiary/aromatic N) is 3. The molecule has 0 unspecified atom stereocenters. The van der Waals surface area contributed by atoms with Gasteiger partial charge in [-0.25, -0.2) is 5.10 Å². The first-order valence-corrected chi connectivity index (χ1v) is 6.73. The molecule has 0 atom stereocenters. The van der Waals surface area contributed by atoms with Crippen LogP contribution < -0.4 is 9.94 Å². The van der Waals surface area contributed by atoms with Crippen LogP contribution in [0.1, 0.15) is 23.7 Å². The molecule has 5 heteroatoms. The Morgan fingerprint density at radius 2 is 2.05 bits per heavy atom. The van der Waals surface area contributed by atoms with Crippen LogP contribution in [0.25, 0.3) is 5.65 Å². The number of benzene rings is 1. The van der Waals surface area contributed by atoms with Crippen molar-refractivity contribution in [3.05, 3.63) is 63.7 Å². The largest absolute Gasteiger partial charge is 0.331 e. The number of aryl methyl sites for hydroxylation is 1. The van der Waals surface area contributed by atoms with Gasteiger partial charge in [0.2, 0.25) is 0 Å². The number of aromatic amines is 1. The first-order chi connectivity index (χ1) is 9.70. The molecule has 0 saturated carbocycles. The summed E-state index contributed by atoms with van der Waals surface area (Å²) >= 11 is 0. The van der Waals surface area contributed by atoms with Crippen LogP contribution in [0, 0.1) is 6.92 Å². The molecule has 0 saturated heterocycles. The van der Waals surface area contributed by atoms with Crippen LogP contribution in [0.4, 0.5) is 0 Å². The summed E-state index contributed by atoms with van der Waals surface area (Å²) in [6, 6.07) is 10.0. The number of hydrogen-bond donors (Lipinski definition) is 1. The summed E-state index contributed by atoms with van der Waals surface area (Å²) in [5, 5.41) is 7.51. The van der Waals surface area contributed by atoms with Crippen molar-refractivity contribution in [1.29, 1.82) is 0 Å². The highest BCUT2D eigenvalue weighted by molar-refractivity contribution is 5.35. The molecule has 1 aromatic carbocycles. The average Bonchev–Trinajstić information content (AvgIpc) is 2.83. The minimum Gasteiger partial charge on any atom is -0.282 e. The summed E-state index contributed by atoms with van der Waals surface area (Å²) in [6.07, 6.45) is 2.36. The van der Waals surface area contributed by atoms with Gasteiger partial charge in [0.15, 0.2) is 0 Å². The van der Waals surface area contributed by atoms with E-state index < -0.39 is 0 Å². The lowest BCUT2D eigenvalue weighted by Crippen LogP contribution is -2.34. The summed E-state index contributed by atoms with van der Waals surface area (Å²) in [6.45, 7) is 4.50. The van der Waals surface area contributed by atoms with Gasteiger partial charge in [-0.1, -0.05) is 41.9 Å². The summed E-state index contributed by atoms with van der Waals surface area (Å²) in [7, 11) is 0. The van der Waals surface area contributed by atoms with Crippen LogP contribution in [0.15, 0.2) is 41.5 Å². The number of rotatable bonds is 3. The van der Waals surface area contributed by atoms with Crippen molar-refractivity contribution in [3.8, 4) is 0 Å². The average molecular weight is 269 g/mol. The molecule has 0 radical (unpaired) electrons. The number of nitrogens with one attached hydrogen (secondary N) is 1. The third-order valence-corrected chi connectivity index (χ3v) is 3.53. The van der Waals surface area contributed by atoms with Gasteiger partial charge in [-0.2, -0.15) is 0 Å². The number of hydrogen-bond acceptors (Lipinski definition) is 2. The van der Waals surface area contributed by atoms with E-state index in [1.165, 1.54) is 0 Å². The van der Waals surface area contributed by atoms with Gasteiger partial charge in [0.05, 0.1) is 0 Å². The van der Waals surface area contributed by atoms with Crippen LogP contribution in [-0.4, -0.2) is 14.9 Å². The van der Waals surface area contributed by atoms with Gasteiger partial charge < -0.3 is 0 Å². The van der Waals surface area contributed by atoms with Gasteiger partial charge in [-0.05, 0) is 18.9 Å². The van der Waals surface area contributed by atoms with E-state index in [-0.39, 0.29) is 5.43 Å². The fraction of sp³-hybridized carbons (Fsp3) is 0.267. The fourth-order valence-corrected chi connectivity index (χ4v) is 2.51. The molecule has 3 rings (SSSR count). The third-order valence-electron chi connectivity index (χ3n) is 3.53. The van der Waals surface area contributed by atoms with E-state index in [1.807, 2.05) is 44.2 Å². The Morgan fingerprint density at radius 1 is 1.30 bits per heavy atom. The van der Waals surface area contributed by atoms with Gasteiger partial charge in [-0.3, -0.25) is 4.79 Å². The molecule has 0 spiro atoms. The molecular weight excluding hydrogens is 252 g/mol. The minimum absolute atomic E-state index is 0.0529. The van der Waals surface area contributed by atoms with Crippen LogP contribution in [0.3, 0.4) is 0 Å². The quantitative estimate of drug-likeness (QED) is 0.727. The number of aromatic nitrogens is 4. The van der Waals surface area contributed by atoms with E-state index in [4.69, 9.17) is 0 Å². The Bertz CT molecular complexity index is 802. The molecule has 0 fully saturated rings. The second kappa shape index (κ2) is 4.92. The lowest BCUT2D eigenvalue weighted by molar-refractivity contribution is -0.582. The van der Waals surface area contributed by atoms with Gasteiger partial charge >= 0.3 is 5.65 Å². The molecule has 0 bridgehead atoms. The van der Waals surface area contributed by atoms with E-state index in [0.717, 1.165) is 16.8 Å². The van der Waals surface area contributed by atoms with Gasteiger partial charge in [0.25, 0.3) is 11.8 Å². The summed E-state index contributed by atoms with van der Waals surface area (Å²) in [5.41, 5.74) is 3.47. The Hall–Kier alpha value is -2.43. The van der Waals surface area contributed by atoms with Crippen molar-refractivity contribution in [2.24, 2.45) is 0 Å². The fourth-order valence-electron chi connectivity index (χ4n) is 2.51. The van der Waals surface area contributed by atoms with Crippen molar-refractivity contribution < 1.29 is 4.52 Å². The first kappa shape index (κ1) is 12.6. The molecular formula is C15H17N4O+. The predicted octanol–water partition coefficient (Wildman–Crippen LogP) is 1.23. The summed E-state index contributed by atoms with van der Waals surface area (Å²) < 4.78 is 3.44. The van der Waals surface area contributed by atoms with E-state index in [2.05, 4.69) is 10.2 Å². The standard InChI is InChI=1S/C15H16N4O/c1-3-13-11(2)17-19-10-16-18(15(19)14(13)20)9-12-7-5-4-6-8-12/h4-8,10H,3,9H2,1-2H3/p+1. The van der Waals surface area contributed by atoms with Crippen molar-refractivity contribution in [3.63, 3.8) is 0 Å². The van der Waals surface area contributed by atoms with E-state index >= 15 is 0 Å². The monoisotopic (exact) mass is 269 g/mol. The first-order valence-electron chi connectivity index (χ1n) is 6.73. The highest BCUT2D eigenvalue weighted by atomic mass is 16.1. The lowest BCUT2D eigenvalue weighted by Gasteiger charge is -2.01. The summed E-state index contributed by atoms with van der Waals surface area (Å²) in [4.78, 5) is 12.6. The smallest absolute Gasteiger partial charge is 0.282 e. The molecule has 0 aliphatic rings. The van der Waals surface area contributed by atoms with Crippen LogP contribution in [-0.2, 0) is 13.0 Å². The van der Waals surface area contributed by atoms with Crippen molar-refractivity contribution in [2.75, 3.05) is 0 Å². The lowest BCUT2D eigenvalue weighted by atomic mass is 10.1. The second-order valence-corrected chi connectivity index (χ2v) is 4.87. The van der Waals surface area contributed by atoms with Gasteiger partial charge in [0, 0.05) is 16.4 Å². The maximum Gasteiger partial charge on any atom is 0.331 e. The molecule has 20 heavy (non-hydrogen) atoms. The number of H-pyrrole nitrogens is 1. The van der Waals surface area contributed by atoms with Crippen molar-refractivity contribution in [1.82, 2.24) is 14.9 Å².